The Morgan fingerprint density at radius 1 is 1.38 bits per heavy atom. The van der Waals surface area contributed by atoms with Gasteiger partial charge in [-0.3, -0.25) is 14.5 Å². The van der Waals surface area contributed by atoms with E-state index in [-0.39, 0.29) is 29.1 Å². The highest BCUT2D eigenvalue weighted by Crippen LogP contribution is 2.49. The lowest BCUT2D eigenvalue weighted by Gasteiger charge is -2.29. The second kappa shape index (κ2) is 7.27. The van der Waals surface area contributed by atoms with Gasteiger partial charge in [0.1, 0.15) is 17.9 Å². The van der Waals surface area contributed by atoms with Gasteiger partial charge in [0.15, 0.2) is 0 Å². The lowest BCUT2D eigenvalue weighted by Crippen LogP contribution is -2.47. The molecule has 4 amide bonds. The number of carbonyl (C=O) groups is 3. The number of halogens is 2. The zero-order valence-corrected chi connectivity index (χ0v) is 17.3. The van der Waals surface area contributed by atoms with Gasteiger partial charge in [-0.25, -0.2) is 9.18 Å². The third-order valence-corrected chi connectivity index (χ3v) is 7.18. The highest BCUT2D eigenvalue weighted by Gasteiger charge is 2.50. The van der Waals surface area contributed by atoms with Gasteiger partial charge in [0.2, 0.25) is 5.91 Å². The molecule has 3 aliphatic rings. The minimum Gasteiger partial charge on any atom is -0.352 e. The number of nitrogens with zero attached hydrogens (tertiary/aromatic N) is 1. The zero-order chi connectivity index (χ0) is 20.9. The fourth-order valence-corrected chi connectivity index (χ4v) is 5.73. The van der Waals surface area contributed by atoms with Gasteiger partial charge in [0, 0.05) is 16.6 Å². The highest BCUT2D eigenvalue weighted by molar-refractivity contribution is 6.32. The number of hydrogen-bond donors (Lipinski definition) is 2. The average Bonchev–Trinajstić information content (AvgIpc) is 3.33. The predicted octanol–water partition coefficient (Wildman–Crippen LogP) is 3.19. The molecule has 1 aromatic rings. The fraction of sp³-hybridized carbons (Fsp3) is 0.571. The summed E-state index contributed by atoms with van der Waals surface area (Å²) in [5.74, 6) is 0.415. The van der Waals surface area contributed by atoms with Crippen molar-refractivity contribution in [3.8, 4) is 0 Å². The molecule has 0 radical (unpaired) electrons. The number of hydrogen-bond acceptors (Lipinski definition) is 3. The van der Waals surface area contributed by atoms with E-state index in [0.29, 0.717) is 11.8 Å². The van der Waals surface area contributed by atoms with Crippen molar-refractivity contribution in [2.75, 3.05) is 6.54 Å². The first-order valence-corrected chi connectivity index (χ1v) is 10.5. The van der Waals surface area contributed by atoms with Gasteiger partial charge in [0.25, 0.3) is 5.91 Å². The summed E-state index contributed by atoms with van der Waals surface area (Å²) >= 11 is 6.10. The standard InChI is InChI=1S/C21H25ClFN3O3/c1-11(15-8-12-3-4-13(15)7-12)24-18(27)10-26-19(28)21(2,25-20(26)29)16-6-5-14(23)9-17(16)22/h5-6,9,11-13,15H,3-4,7-8,10H2,1-2H3,(H,24,27)(H,25,29). The van der Waals surface area contributed by atoms with Gasteiger partial charge in [0.05, 0.1) is 0 Å². The van der Waals surface area contributed by atoms with E-state index < -0.39 is 23.3 Å². The molecule has 1 heterocycles. The molecule has 5 atom stereocenters. The van der Waals surface area contributed by atoms with Gasteiger partial charge in [-0.15, -0.1) is 0 Å². The Morgan fingerprint density at radius 3 is 2.76 bits per heavy atom. The quantitative estimate of drug-likeness (QED) is 0.717. The molecule has 2 bridgehead atoms. The van der Waals surface area contributed by atoms with Crippen LogP contribution in [0.5, 0.6) is 0 Å². The summed E-state index contributed by atoms with van der Waals surface area (Å²) in [4.78, 5) is 38.9. The first kappa shape index (κ1) is 20.1. The Morgan fingerprint density at radius 2 is 2.14 bits per heavy atom. The summed E-state index contributed by atoms with van der Waals surface area (Å²) in [6.07, 6.45) is 4.89. The van der Waals surface area contributed by atoms with Crippen molar-refractivity contribution in [2.45, 2.75) is 51.1 Å². The molecule has 6 nitrogen and oxygen atoms in total. The molecule has 2 aliphatic carbocycles. The van der Waals surface area contributed by atoms with Gasteiger partial charge in [-0.1, -0.05) is 24.1 Å². The largest absolute Gasteiger partial charge is 0.352 e. The minimum atomic E-state index is -1.45. The second-order valence-electron chi connectivity index (χ2n) is 8.77. The Balaban J connectivity index is 1.43. The van der Waals surface area contributed by atoms with Gasteiger partial charge in [-0.2, -0.15) is 0 Å². The first-order chi connectivity index (χ1) is 13.7. The van der Waals surface area contributed by atoms with E-state index in [0.717, 1.165) is 23.3 Å². The smallest absolute Gasteiger partial charge is 0.325 e. The third-order valence-electron chi connectivity index (χ3n) is 6.87. The Kier molecular flexibility index (Phi) is 5.05. The molecule has 5 unspecified atom stereocenters. The van der Waals surface area contributed by atoms with Gasteiger partial charge < -0.3 is 10.6 Å². The number of fused-ring (bicyclic) bond motifs is 2. The molecule has 0 spiro atoms. The average molecular weight is 422 g/mol. The van der Waals surface area contributed by atoms with Crippen LogP contribution < -0.4 is 10.6 Å². The fourth-order valence-electron chi connectivity index (χ4n) is 5.37. The second-order valence-corrected chi connectivity index (χ2v) is 9.17. The lowest BCUT2D eigenvalue weighted by atomic mass is 9.84. The van der Waals surface area contributed by atoms with Crippen molar-refractivity contribution in [1.82, 2.24) is 15.5 Å². The van der Waals surface area contributed by atoms with Crippen LogP contribution >= 0.6 is 11.6 Å². The maximum absolute atomic E-state index is 13.4. The van der Waals surface area contributed by atoms with E-state index in [1.54, 1.807) is 0 Å². The van der Waals surface area contributed by atoms with Crippen molar-refractivity contribution >= 4 is 29.4 Å². The molecule has 2 N–H and O–H groups in total. The van der Waals surface area contributed by atoms with Crippen LogP contribution in [-0.4, -0.2) is 35.3 Å². The summed E-state index contributed by atoms with van der Waals surface area (Å²) in [7, 11) is 0. The lowest BCUT2D eigenvalue weighted by molar-refractivity contribution is -0.135. The van der Waals surface area contributed by atoms with Crippen molar-refractivity contribution < 1.29 is 18.8 Å². The van der Waals surface area contributed by atoms with E-state index in [4.69, 9.17) is 11.6 Å². The summed E-state index contributed by atoms with van der Waals surface area (Å²) in [5, 5.41) is 5.60. The van der Waals surface area contributed by atoms with Crippen LogP contribution in [0.15, 0.2) is 18.2 Å². The van der Waals surface area contributed by atoms with Gasteiger partial charge >= 0.3 is 6.03 Å². The number of benzene rings is 1. The number of nitrogens with one attached hydrogen (secondary N) is 2. The molecule has 1 aliphatic heterocycles. The van der Waals surface area contributed by atoms with Crippen LogP contribution in [0.3, 0.4) is 0 Å². The SMILES string of the molecule is CC(NC(=O)CN1C(=O)NC(C)(c2ccc(F)cc2Cl)C1=O)C1CC2CCC1C2. The topological polar surface area (TPSA) is 78.5 Å². The van der Waals surface area contributed by atoms with Crippen LogP contribution in [0.1, 0.15) is 45.1 Å². The zero-order valence-electron chi connectivity index (χ0n) is 16.5. The number of carbonyl (C=O) groups excluding carboxylic acids is 3. The molecule has 0 aromatic heterocycles. The molecular formula is C21H25ClFN3O3. The van der Waals surface area contributed by atoms with Gasteiger partial charge in [-0.05, 0) is 63.0 Å². The van der Waals surface area contributed by atoms with Crippen molar-refractivity contribution in [2.24, 2.45) is 17.8 Å². The molecule has 4 rings (SSSR count). The maximum Gasteiger partial charge on any atom is 0.325 e. The van der Waals surface area contributed by atoms with Crippen molar-refractivity contribution in [1.29, 1.82) is 0 Å². The molecule has 1 saturated heterocycles. The molecular weight excluding hydrogens is 397 g/mol. The van der Waals surface area contributed by atoms with E-state index in [9.17, 15) is 18.8 Å². The highest BCUT2D eigenvalue weighted by atomic mass is 35.5. The molecule has 156 valence electrons. The summed E-state index contributed by atoms with van der Waals surface area (Å²) in [5.41, 5.74) is -1.16. The third kappa shape index (κ3) is 3.50. The summed E-state index contributed by atoms with van der Waals surface area (Å²) in [6, 6.07) is 2.99. The van der Waals surface area contributed by atoms with E-state index >= 15 is 0 Å². The maximum atomic E-state index is 13.4. The first-order valence-electron chi connectivity index (χ1n) is 10.1. The summed E-state index contributed by atoms with van der Waals surface area (Å²) < 4.78 is 13.4. The van der Waals surface area contributed by atoms with E-state index in [1.807, 2.05) is 6.92 Å². The Bertz CT molecular complexity index is 879. The Hall–Kier alpha value is -2.15. The van der Waals surface area contributed by atoms with Crippen LogP contribution in [0.25, 0.3) is 0 Å². The number of amides is 4. The molecule has 8 heteroatoms. The number of urea groups is 1. The molecule has 29 heavy (non-hydrogen) atoms. The van der Waals surface area contributed by atoms with E-state index in [1.165, 1.54) is 38.3 Å². The van der Waals surface area contributed by atoms with Crippen LogP contribution in [-0.2, 0) is 15.1 Å². The summed E-state index contributed by atoms with van der Waals surface area (Å²) in [6.45, 7) is 3.14. The molecule has 2 saturated carbocycles. The van der Waals surface area contributed by atoms with Crippen molar-refractivity contribution in [3.05, 3.63) is 34.6 Å². The predicted molar refractivity (Wildman–Crippen MR) is 106 cm³/mol. The van der Waals surface area contributed by atoms with Crippen molar-refractivity contribution in [3.63, 3.8) is 0 Å². The minimum absolute atomic E-state index is 0.0106. The van der Waals surface area contributed by atoms with Crippen LogP contribution in [0.4, 0.5) is 9.18 Å². The number of rotatable bonds is 5. The normalized spacial score (nSPS) is 31.9. The van der Waals surface area contributed by atoms with Crippen LogP contribution in [0, 0.1) is 23.6 Å². The molecule has 1 aromatic carbocycles. The monoisotopic (exact) mass is 421 g/mol. The van der Waals surface area contributed by atoms with E-state index in [2.05, 4.69) is 10.6 Å². The Labute approximate surface area is 174 Å². The van der Waals surface area contributed by atoms with Crippen LogP contribution in [0.2, 0.25) is 5.02 Å². The number of imide groups is 1. The molecule has 3 fully saturated rings.